The van der Waals surface area contributed by atoms with Gasteiger partial charge < -0.3 is 10.1 Å². The van der Waals surface area contributed by atoms with Gasteiger partial charge in [-0.2, -0.15) is 0 Å². The average Bonchev–Trinajstić information content (AvgIpc) is 2.37. The van der Waals surface area contributed by atoms with Crippen molar-refractivity contribution < 1.29 is 17.9 Å². The number of esters is 1. The zero-order valence-electron chi connectivity index (χ0n) is 11.7. The van der Waals surface area contributed by atoms with Gasteiger partial charge in [0.1, 0.15) is 6.04 Å². The largest absolute Gasteiger partial charge is 0.465 e. The average molecular weight is 292 g/mol. The summed E-state index contributed by atoms with van der Waals surface area (Å²) in [6.07, 6.45) is 0.630. The second-order valence-electron chi connectivity index (χ2n) is 4.66. The Hall–Kier alpha value is -0.660. The molecule has 1 aliphatic heterocycles. The second kappa shape index (κ2) is 7.81. The van der Waals surface area contributed by atoms with Crippen molar-refractivity contribution in [3.63, 3.8) is 0 Å². The second-order valence-corrected chi connectivity index (χ2v) is 6.96. The predicted octanol–water partition coefficient (Wildman–Crippen LogP) is -0.352. The van der Waals surface area contributed by atoms with E-state index in [4.69, 9.17) is 4.74 Å². The van der Waals surface area contributed by atoms with Crippen molar-refractivity contribution in [2.45, 2.75) is 26.3 Å². The maximum absolute atomic E-state index is 11.8. The molecule has 1 rings (SSSR count). The Morgan fingerprint density at radius 1 is 1.37 bits per heavy atom. The molecule has 1 unspecified atom stereocenters. The highest BCUT2D eigenvalue weighted by atomic mass is 32.2. The summed E-state index contributed by atoms with van der Waals surface area (Å²) in [5, 5.41) is 3.13. The number of nitrogens with zero attached hydrogens (tertiary/aromatic N) is 1. The van der Waals surface area contributed by atoms with Gasteiger partial charge in [0.05, 0.1) is 12.4 Å². The minimum atomic E-state index is -3.01. The molecule has 7 heteroatoms. The monoisotopic (exact) mass is 292 g/mol. The highest BCUT2D eigenvalue weighted by molar-refractivity contribution is 7.91. The van der Waals surface area contributed by atoms with Crippen LogP contribution in [0.15, 0.2) is 0 Å². The van der Waals surface area contributed by atoms with Crippen LogP contribution in [-0.4, -0.2) is 69.6 Å². The molecule has 6 nitrogen and oxygen atoms in total. The van der Waals surface area contributed by atoms with Gasteiger partial charge in [0, 0.05) is 31.9 Å². The Bertz CT molecular complexity index is 383. The van der Waals surface area contributed by atoms with Gasteiger partial charge in [-0.05, 0) is 13.3 Å². The lowest BCUT2D eigenvalue weighted by Gasteiger charge is -2.34. The van der Waals surface area contributed by atoms with Crippen molar-refractivity contribution in [2.24, 2.45) is 0 Å². The third kappa shape index (κ3) is 5.46. The fourth-order valence-electron chi connectivity index (χ4n) is 2.15. The molecule has 0 radical (unpaired) electrons. The summed E-state index contributed by atoms with van der Waals surface area (Å²) in [4.78, 5) is 13.7. The van der Waals surface area contributed by atoms with Crippen molar-refractivity contribution in [1.82, 2.24) is 10.2 Å². The lowest BCUT2D eigenvalue weighted by molar-refractivity contribution is -0.150. The van der Waals surface area contributed by atoms with Crippen LogP contribution < -0.4 is 5.32 Å². The van der Waals surface area contributed by atoms with Crippen molar-refractivity contribution >= 4 is 15.8 Å². The zero-order valence-corrected chi connectivity index (χ0v) is 12.5. The number of rotatable bonds is 7. The van der Waals surface area contributed by atoms with E-state index in [-0.39, 0.29) is 23.5 Å². The van der Waals surface area contributed by atoms with Crippen LogP contribution in [0.2, 0.25) is 0 Å². The molecule has 0 aromatic heterocycles. The van der Waals surface area contributed by atoms with E-state index in [0.717, 1.165) is 6.54 Å². The third-order valence-corrected chi connectivity index (χ3v) is 4.95. The topological polar surface area (TPSA) is 75.7 Å². The molecule has 0 amide bonds. The Morgan fingerprint density at radius 3 is 2.74 bits per heavy atom. The summed E-state index contributed by atoms with van der Waals surface area (Å²) in [6.45, 7) is 6.32. The van der Waals surface area contributed by atoms with Gasteiger partial charge in [0.15, 0.2) is 9.84 Å². The van der Waals surface area contributed by atoms with Crippen LogP contribution in [0, 0.1) is 0 Å². The Balaban J connectivity index is 2.55. The Morgan fingerprint density at radius 2 is 2.11 bits per heavy atom. The predicted molar refractivity (Wildman–Crippen MR) is 73.8 cm³/mol. The number of hydrogen-bond donors (Lipinski definition) is 1. The van der Waals surface area contributed by atoms with Crippen molar-refractivity contribution in [3.05, 3.63) is 0 Å². The van der Waals surface area contributed by atoms with Crippen LogP contribution in [0.5, 0.6) is 0 Å². The highest BCUT2D eigenvalue weighted by Crippen LogP contribution is 2.07. The number of nitrogens with one attached hydrogen (secondary N) is 1. The number of carbonyl (C=O) groups is 1. The summed E-state index contributed by atoms with van der Waals surface area (Å²) in [6, 6.07) is -0.370. The number of carbonyl (C=O) groups excluding carboxylic acids is 1. The van der Waals surface area contributed by atoms with Crippen LogP contribution in [0.25, 0.3) is 0 Å². The van der Waals surface area contributed by atoms with E-state index < -0.39 is 9.84 Å². The molecule has 1 atom stereocenters. The van der Waals surface area contributed by atoms with Gasteiger partial charge in [-0.15, -0.1) is 0 Å². The first-order valence-corrected chi connectivity index (χ1v) is 8.64. The minimum absolute atomic E-state index is 0.108. The quantitative estimate of drug-likeness (QED) is 0.646. The molecule has 0 bridgehead atoms. The van der Waals surface area contributed by atoms with E-state index in [0.29, 0.717) is 32.7 Å². The van der Waals surface area contributed by atoms with E-state index >= 15 is 0 Å². The minimum Gasteiger partial charge on any atom is -0.465 e. The van der Waals surface area contributed by atoms with Gasteiger partial charge in [0.2, 0.25) is 0 Å². The van der Waals surface area contributed by atoms with Crippen molar-refractivity contribution in [2.75, 3.05) is 44.3 Å². The standard InChI is InChI=1S/C12H24N2O4S/c1-3-8-19(16,17)9-7-14-6-5-13-10-11(14)12(15)18-4-2/h11,13H,3-10H2,1-2H3. The molecule has 19 heavy (non-hydrogen) atoms. The summed E-state index contributed by atoms with van der Waals surface area (Å²) in [5.74, 6) is 0.0440. The fourth-order valence-corrected chi connectivity index (χ4v) is 3.49. The van der Waals surface area contributed by atoms with Gasteiger partial charge in [0.25, 0.3) is 0 Å². The summed E-state index contributed by atoms with van der Waals surface area (Å²) in [5.41, 5.74) is 0. The van der Waals surface area contributed by atoms with E-state index in [2.05, 4.69) is 5.32 Å². The normalized spacial score (nSPS) is 21.3. The lowest BCUT2D eigenvalue weighted by atomic mass is 10.2. The van der Waals surface area contributed by atoms with E-state index in [1.54, 1.807) is 6.92 Å². The number of sulfone groups is 1. The molecule has 0 saturated carbocycles. The summed E-state index contributed by atoms with van der Waals surface area (Å²) < 4.78 is 28.5. The molecular weight excluding hydrogens is 268 g/mol. The van der Waals surface area contributed by atoms with Crippen molar-refractivity contribution in [1.29, 1.82) is 0 Å². The smallest absolute Gasteiger partial charge is 0.324 e. The van der Waals surface area contributed by atoms with Gasteiger partial charge >= 0.3 is 5.97 Å². The first kappa shape index (κ1) is 16.4. The summed E-state index contributed by atoms with van der Waals surface area (Å²) in [7, 11) is -3.01. The van der Waals surface area contributed by atoms with Crippen LogP contribution in [-0.2, 0) is 19.4 Å². The first-order valence-electron chi connectivity index (χ1n) is 6.82. The number of hydrogen-bond acceptors (Lipinski definition) is 6. The molecule has 1 aliphatic rings. The number of ether oxygens (including phenoxy) is 1. The van der Waals surface area contributed by atoms with Crippen LogP contribution >= 0.6 is 0 Å². The number of piperazine rings is 1. The van der Waals surface area contributed by atoms with E-state index in [1.165, 1.54) is 0 Å². The molecule has 0 spiro atoms. The molecule has 1 heterocycles. The van der Waals surface area contributed by atoms with Gasteiger partial charge in [-0.3, -0.25) is 9.69 Å². The molecule has 112 valence electrons. The molecule has 0 aromatic rings. The Labute approximate surface area is 115 Å². The molecule has 0 aliphatic carbocycles. The molecule has 1 saturated heterocycles. The van der Waals surface area contributed by atoms with Crippen molar-refractivity contribution in [3.8, 4) is 0 Å². The van der Waals surface area contributed by atoms with Crippen LogP contribution in [0.1, 0.15) is 20.3 Å². The summed E-state index contributed by atoms with van der Waals surface area (Å²) >= 11 is 0. The van der Waals surface area contributed by atoms with Gasteiger partial charge in [-0.1, -0.05) is 6.92 Å². The van der Waals surface area contributed by atoms with E-state index in [1.807, 2.05) is 11.8 Å². The Kier molecular flexibility index (Phi) is 6.74. The molecule has 1 N–H and O–H groups in total. The highest BCUT2D eigenvalue weighted by Gasteiger charge is 2.30. The van der Waals surface area contributed by atoms with Crippen LogP contribution in [0.3, 0.4) is 0 Å². The fraction of sp³-hybridized carbons (Fsp3) is 0.917. The molecule has 0 aromatic carbocycles. The molecule has 1 fully saturated rings. The van der Waals surface area contributed by atoms with Gasteiger partial charge in [-0.25, -0.2) is 8.42 Å². The first-order chi connectivity index (χ1) is 9.00. The lowest BCUT2D eigenvalue weighted by Crippen LogP contribution is -2.56. The zero-order chi connectivity index (χ0) is 14.3. The molecular formula is C12H24N2O4S. The SMILES string of the molecule is CCCS(=O)(=O)CCN1CCNCC1C(=O)OCC. The maximum Gasteiger partial charge on any atom is 0.324 e. The third-order valence-electron chi connectivity index (χ3n) is 3.12. The maximum atomic E-state index is 11.8. The van der Waals surface area contributed by atoms with Crippen LogP contribution in [0.4, 0.5) is 0 Å². The van der Waals surface area contributed by atoms with E-state index in [9.17, 15) is 13.2 Å².